The van der Waals surface area contributed by atoms with Gasteiger partial charge in [-0.2, -0.15) is 8.78 Å². The minimum Gasteiger partial charge on any atom is -0.321 e. The lowest BCUT2D eigenvalue weighted by molar-refractivity contribution is 0.102. The molecule has 0 spiro atoms. The third-order valence-electron chi connectivity index (χ3n) is 2.85. The molecule has 2 aromatic rings. The van der Waals surface area contributed by atoms with Crippen LogP contribution in [-0.4, -0.2) is 20.1 Å². The second-order valence-corrected chi connectivity index (χ2v) is 7.59. The number of sulfone groups is 1. The number of alkyl halides is 2. The molecular formula is C14H9BrClF2NO3S. The van der Waals surface area contributed by atoms with Crippen LogP contribution in [-0.2, 0) is 9.84 Å². The Kier molecular flexibility index (Phi) is 5.38. The monoisotopic (exact) mass is 423 g/mol. The van der Waals surface area contributed by atoms with Crippen molar-refractivity contribution in [3.05, 3.63) is 57.5 Å². The highest BCUT2D eigenvalue weighted by molar-refractivity contribution is 9.10. The van der Waals surface area contributed by atoms with Gasteiger partial charge in [0.05, 0.1) is 21.2 Å². The number of carbonyl (C=O) groups excluding carboxylic acids is 1. The van der Waals surface area contributed by atoms with E-state index in [1.807, 2.05) is 0 Å². The van der Waals surface area contributed by atoms with Crippen LogP contribution < -0.4 is 5.32 Å². The predicted octanol–water partition coefficient (Wildman–Crippen LogP) is 4.35. The molecule has 0 aromatic heterocycles. The second-order valence-electron chi connectivity index (χ2n) is 4.38. The summed E-state index contributed by atoms with van der Waals surface area (Å²) in [5.41, 5.74) is -0.167. The number of anilines is 1. The van der Waals surface area contributed by atoms with Gasteiger partial charge in [-0.25, -0.2) is 8.42 Å². The summed E-state index contributed by atoms with van der Waals surface area (Å²) in [6.07, 6.45) is 0. The average molecular weight is 425 g/mol. The van der Waals surface area contributed by atoms with Crippen molar-refractivity contribution in [2.24, 2.45) is 0 Å². The fraction of sp³-hybridized carbons (Fsp3) is 0.0714. The molecule has 1 N–H and O–H groups in total. The van der Waals surface area contributed by atoms with Gasteiger partial charge in [-0.3, -0.25) is 4.79 Å². The minimum atomic E-state index is -4.84. The maximum atomic E-state index is 12.7. The number of benzene rings is 2. The van der Waals surface area contributed by atoms with E-state index in [9.17, 15) is 22.0 Å². The maximum Gasteiger partial charge on any atom is 0.341 e. The van der Waals surface area contributed by atoms with Crippen molar-refractivity contribution in [1.29, 1.82) is 0 Å². The first-order valence-electron chi connectivity index (χ1n) is 6.11. The quantitative estimate of drug-likeness (QED) is 0.793. The molecule has 0 bridgehead atoms. The van der Waals surface area contributed by atoms with Gasteiger partial charge in [-0.1, -0.05) is 39.7 Å². The zero-order chi connectivity index (χ0) is 17.2. The van der Waals surface area contributed by atoms with E-state index in [4.69, 9.17) is 11.6 Å². The van der Waals surface area contributed by atoms with Gasteiger partial charge in [0.1, 0.15) is 0 Å². The molecule has 2 rings (SSSR count). The van der Waals surface area contributed by atoms with Crippen LogP contribution >= 0.6 is 27.5 Å². The fourth-order valence-corrected chi connectivity index (χ4v) is 3.23. The number of amides is 1. The molecule has 0 fully saturated rings. The molecule has 2 aromatic carbocycles. The maximum absolute atomic E-state index is 12.7. The van der Waals surface area contributed by atoms with Crippen LogP contribution in [0.15, 0.2) is 51.8 Å². The first-order chi connectivity index (χ1) is 10.7. The Morgan fingerprint density at radius 3 is 2.48 bits per heavy atom. The molecule has 122 valence electrons. The lowest BCUT2D eigenvalue weighted by Gasteiger charge is -2.12. The SMILES string of the molecule is O=C(Nc1ccccc1S(=O)(=O)C(F)F)c1cc(Br)ccc1Cl. The number of para-hydroxylation sites is 1. The van der Waals surface area contributed by atoms with Crippen LogP contribution in [0.3, 0.4) is 0 Å². The number of rotatable bonds is 4. The highest BCUT2D eigenvalue weighted by Gasteiger charge is 2.29. The van der Waals surface area contributed by atoms with Gasteiger partial charge < -0.3 is 5.32 Å². The van der Waals surface area contributed by atoms with E-state index in [1.165, 1.54) is 30.3 Å². The van der Waals surface area contributed by atoms with Gasteiger partial charge in [-0.15, -0.1) is 0 Å². The number of halogens is 4. The van der Waals surface area contributed by atoms with Gasteiger partial charge in [0.25, 0.3) is 5.91 Å². The summed E-state index contributed by atoms with van der Waals surface area (Å²) in [6, 6.07) is 9.46. The summed E-state index contributed by atoms with van der Waals surface area (Å²) < 4.78 is 49.4. The molecule has 0 saturated carbocycles. The Bertz CT molecular complexity index is 859. The van der Waals surface area contributed by atoms with E-state index >= 15 is 0 Å². The number of hydrogen-bond acceptors (Lipinski definition) is 3. The Balaban J connectivity index is 2.42. The zero-order valence-electron chi connectivity index (χ0n) is 11.3. The standard InChI is InChI=1S/C14H9BrClF2NO3S/c15-8-5-6-10(16)9(7-8)13(20)19-11-3-1-2-4-12(11)23(21,22)14(17)18/h1-7,14H,(H,19,20). The molecule has 0 saturated heterocycles. The highest BCUT2D eigenvalue weighted by Crippen LogP contribution is 2.28. The lowest BCUT2D eigenvalue weighted by Crippen LogP contribution is -2.18. The van der Waals surface area contributed by atoms with E-state index in [2.05, 4.69) is 21.2 Å². The molecule has 0 aliphatic carbocycles. The zero-order valence-corrected chi connectivity index (χ0v) is 14.4. The van der Waals surface area contributed by atoms with E-state index in [0.29, 0.717) is 4.47 Å². The minimum absolute atomic E-state index is 0.0743. The highest BCUT2D eigenvalue weighted by atomic mass is 79.9. The Morgan fingerprint density at radius 2 is 1.83 bits per heavy atom. The normalized spacial score (nSPS) is 11.5. The lowest BCUT2D eigenvalue weighted by atomic mass is 10.2. The smallest absolute Gasteiger partial charge is 0.321 e. The fourth-order valence-electron chi connectivity index (χ4n) is 1.78. The third kappa shape index (κ3) is 3.88. The Labute approximate surface area is 144 Å². The molecular weight excluding hydrogens is 416 g/mol. The van der Waals surface area contributed by atoms with Crippen LogP contribution in [0.5, 0.6) is 0 Å². The van der Waals surface area contributed by atoms with Gasteiger partial charge >= 0.3 is 5.76 Å². The predicted molar refractivity (Wildman–Crippen MR) is 86.7 cm³/mol. The largest absolute Gasteiger partial charge is 0.341 e. The van der Waals surface area contributed by atoms with Gasteiger partial charge in [0.2, 0.25) is 9.84 Å². The summed E-state index contributed by atoms with van der Waals surface area (Å²) in [5, 5.41) is 2.44. The van der Waals surface area contributed by atoms with Crippen LogP contribution in [0.2, 0.25) is 5.02 Å². The Hall–Kier alpha value is -1.51. The van der Waals surface area contributed by atoms with Crippen molar-refractivity contribution in [2.75, 3.05) is 5.32 Å². The summed E-state index contributed by atoms with van der Waals surface area (Å²) in [4.78, 5) is 11.6. The molecule has 0 unspecified atom stereocenters. The van der Waals surface area contributed by atoms with E-state index in [-0.39, 0.29) is 16.3 Å². The summed E-state index contributed by atoms with van der Waals surface area (Å²) in [5.74, 6) is -4.30. The molecule has 0 radical (unpaired) electrons. The Morgan fingerprint density at radius 1 is 1.17 bits per heavy atom. The average Bonchev–Trinajstić information content (AvgIpc) is 2.49. The molecule has 0 aliphatic rings. The van der Waals surface area contributed by atoms with Crippen LogP contribution in [0.25, 0.3) is 0 Å². The molecule has 0 atom stereocenters. The van der Waals surface area contributed by atoms with Crippen LogP contribution in [0.1, 0.15) is 10.4 Å². The first-order valence-corrected chi connectivity index (χ1v) is 8.82. The summed E-state index contributed by atoms with van der Waals surface area (Å²) in [6.45, 7) is 0. The molecule has 9 heteroatoms. The van der Waals surface area contributed by atoms with Crippen molar-refractivity contribution in [1.82, 2.24) is 0 Å². The molecule has 0 heterocycles. The van der Waals surface area contributed by atoms with Crippen molar-refractivity contribution >= 4 is 49.0 Å². The van der Waals surface area contributed by atoms with E-state index < -0.39 is 26.4 Å². The molecule has 4 nitrogen and oxygen atoms in total. The second kappa shape index (κ2) is 6.94. The number of hydrogen-bond donors (Lipinski definition) is 1. The van der Waals surface area contributed by atoms with Crippen molar-refractivity contribution in [3.8, 4) is 0 Å². The third-order valence-corrected chi connectivity index (χ3v) is 5.11. The van der Waals surface area contributed by atoms with Crippen molar-refractivity contribution < 1.29 is 22.0 Å². The van der Waals surface area contributed by atoms with Crippen molar-refractivity contribution in [2.45, 2.75) is 10.7 Å². The number of carbonyl (C=O) groups is 1. The van der Waals surface area contributed by atoms with Crippen molar-refractivity contribution in [3.63, 3.8) is 0 Å². The number of nitrogens with one attached hydrogen (secondary N) is 1. The molecule has 23 heavy (non-hydrogen) atoms. The van der Waals surface area contributed by atoms with Gasteiger partial charge in [0.15, 0.2) is 0 Å². The first kappa shape index (κ1) is 17.8. The van der Waals surface area contributed by atoms with Gasteiger partial charge in [-0.05, 0) is 30.3 Å². The van der Waals surface area contributed by atoms with E-state index in [1.54, 1.807) is 6.07 Å². The van der Waals surface area contributed by atoms with E-state index in [0.717, 1.165) is 6.07 Å². The summed E-state index contributed by atoms with van der Waals surface area (Å²) in [7, 11) is -4.84. The molecule has 1 amide bonds. The van der Waals surface area contributed by atoms with Crippen LogP contribution in [0.4, 0.5) is 14.5 Å². The summed E-state index contributed by atoms with van der Waals surface area (Å²) >= 11 is 9.10. The van der Waals surface area contributed by atoms with Gasteiger partial charge in [0, 0.05) is 4.47 Å². The topological polar surface area (TPSA) is 63.2 Å². The molecule has 0 aliphatic heterocycles. The van der Waals surface area contributed by atoms with Crippen LogP contribution in [0, 0.1) is 0 Å².